The number of aliphatic hydroxyl groups excluding tert-OH is 1. The van der Waals surface area contributed by atoms with E-state index in [0.717, 1.165) is 11.8 Å². The number of benzene rings is 1. The topological polar surface area (TPSA) is 72.2 Å². The zero-order valence-corrected chi connectivity index (χ0v) is 11.6. The third-order valence-electron chi connectivity index (χ3n) is 2.92. The molecule has 0 bridgehead atoms. The fourth-order valence-electron chi connectivity index (χ4n) is 1.83. The molecule has 0 amide bonds. The summed E-state index contributed by atoms with van der Waals surface area (Å²) in [5, 5.41) is 14.0. The Kier molecular flexibility index (Phi) is 3.73. The molecular formula is C13H16N2O3S. The Balaban J connectivity index is 2.51. The molecule has 1 aromatic heterocycles. The molecule has 2 rings (SSSR count). The summed E-state index contributed by atoms with van der Waals surface area (Å²) in [4.78, 5) is 0.160. The summed E-state index contributed by atoms with van der Waals surface area (Å²) in [7, 11) is -3.27. The summed E-state index contributed by atoms with van der Waals surface area (Å²) >= 11 is 0. The molecule has 0 spiro atoms. The average Bonchev–Trinajstić information content (AvgIpc) is 2.87. The Morgan fingerprint density at radius 1 is 1.37 bits per heavy atom. The van der Waals surface area contributed by atoms with Crippen molar-refractivity contribution in [3.05, 3.63) is 42.2 Å². The summed E-state index contributed by atoms with van der Waals surface area (Å²) < 4.78 is 24.4. The molecule has 1 atom stereocenters. The van der Waals surface area contributed by atoms with Crippen LogP contribution in [0.4, 0.5) is 0 Å². The number of rotatable bonds is 4. The maximum Gasteiger partial charge on any atom is 0.178 e. The standard InChI is InChI=1S/C13H16N2O3S/c1-3-13(16)11-6-4-5-7-12(11)15-9-10(8-14-15)19(2,17)18/h4-9,13,16H,3H2,1-2H3/t13-/m1/s1. The summed E-state index contributed by atoms with van der Waals surface area (Å²) in [5.41, 5.74) is 1.42. The van der Waals surface area contributed by atoms with E-state index < -0.39 is 15.9 Å². The van der Waals surface area contributed by atoms with Gasteiger partial charge in [-0.1, -0.05) is 25.1 Å². The van der Waals surface area contributed by atoms with Crippen molar-refractivity contribution < 1.29 is 13.5 Å². The highest BCUT2D eigenvalue weighted by Crippen LogP contribution is 2.24. The van der Waals surface area contributed by atoms with Crippen molar-refractivity contribution in [1.82, 2.24) is 9.78 Å². The fourth-order valence-corrected chi connectivity index (χ4v) is 2.36. The highest BCUT2D eigenvalue weighted by Gasteiger charge is 2.15. The minimum Gasteiger partial charge on any atom is -0.388 e. The van der Waals surface area contributed by atoms with Crippen molar-refractivity contribution in [3.8, 4) is 5.69 Å². The summed E-state index contributed by atoms with van der Waals surface area (Å²) in [6, 6.07) is 7.26. The highest BCUT2D eigenvalue weighted by molar-refractivity contribution is 7.90. The van der Waals surface area contributed by atoms with Crippen molar-refractivity contribution in [2.24, 2.45) is 0 Å². The number of sulfone groups is 1. The van der Waals surface area contributed by atoms with Crippen LogP contribution in [-0.2, 0) is 9.84 Å². The molecule has 5 nitrogen and oxygen atoms in total. The minimum absolute atomic E-state index is 0.160. The van der Waals surface area contributed by atoms with Gasteiger partial charge in [-0.3, -0.25) is 0 Å². The van der Waals surface area contributed by atoms with Crippen molar-refractivity contribution in [2.45, 2.75) is 24.3 Å². The number of nitrogens with zero attached hydrogens (tertiary/aromatic N) is 2. The van der Waals surface area contributed by atoms with Crippen molar-refractivity contribution in [1.29, 1.82) is 0 Å². The van der Waals surface area contributed by atoms with Gasteiger partial charge in [0.1, 0.15) is 4.90 Å². The van der Waals surface area contributed by atoms with Gasteiger partial charge in [-0.15, -0.1) is 0 Å². The lowest BCUT2D eigenvalue weighted by molar-refractivity contribution is 0.173. The molecule has 1 N–H and O–H groups in total. The molecule has 1 heterocycles. The van der Waals surface area contributed by atoms with Crippen LogP contribution in [0, 0.1) is 0 Å². The Labute approximate surface area is 112 Å². The van der Waals surface area contributed by atoms with Crippen LogP contribution in [0.3, 0.4) is 0 Å². The monoisotopic (exact) mass is 280 g/mol. The van der Waals surface area contributed by atoms with Gasteiger partial charge in [-0.25, -0.2) is 13.1 Å². The predicted molar refractivity (Wildman–Crippen MR) is 71.9 cm³/mol. The van der Waals surface area contributed by atoms with E-state index in [1.54, 1.807) is 6.07 Å². The SMILES string of the molecule is CC[C@@H](O)c1ccccc1-n1cc(S(C)(=O)=O)cn1. The lowest BCUT2D eigenvalue weighted by Crippen LogP contribution is -2.04. The van der Waals surface area contributed by atoms with E-state index in [2.05, 4.69) is 5.10 Å². The summed E-state index contributed by atoms with van der Waals surface area (Å²) in [6.07, 6.45) is 3.89. The van der Waals surface area contributed by atoms with E-state index in [1.807, 2.05) is 25.1 Å². The van der Waals surface area contributed by atoms with Gasteiger partial charge < -0.3 is 5.11 Å². The number of para-hydroxylation sites is 1. The van der Waals surface area contributed by atoms with Crippen LogP contribution < -0.4 is 0 Å². The molecule has 0 fully saturated rings. The Hall–Kier alpha value is -1.66. The zero-order valence-electron chi connectivity index (χ0n) is 10.8. The van der Waals surface area contributed by atoms with Gasteiger partial charge >= 0.3 is 0 Å². The Morgan fingerprint density at radius 2 is 2.05 bits per heavy atom. The highest BCUT2D eigenvalue weighted by atomic mass is 32.2. The summed E-state index contributed by atoms with van der Waals surface area (Å²) in [6.45, 7) is 1.88. The van der Waals surface area contributed by atoms with Crippen molar-refractivity contribution in [3.63, 3.8) is 0 Å². The van der Waals surface area contributed by atoms with Crippen molar-refractivity contribution in [2.75, 3.05) is 6.26 Å². The normalized spacial score (nSPS) is 13.4. The molecule has 6 heteroatoms. The molecule has 0 unspecified atom stereocenters. The molecule has 0 radical (unpaired) electrons. The van der Waals surface area contributed by atoms with Crippen LogP contribution in [0.5, 0.6) is 0 Å². The smallest absolute Gasteiger partial charge is 0.178 e. The Morgan fingerprint density at radius 3 is 2.63 bits per heavy atom. The maximum absolute atomic E-state index is 11.4. The molecule has 102 valence electrons. The van der Waals surface area contributed by atoms with Gasteiger partial charge in [0.25, 0.3) is 0 Å². The fraction of sp³-hybridized carbons (Fsp3) is 0.308. The van der Waals surface area contributed by atoms with Crippen LogP contribution in [0.25, 0.3) is 5.69 Å². The first kappa shape index (κ1) is 13.8. The van der Waals surface area contributed by atoms with Crippen LogP contribution in [-0.4, -0.2) is 29.6 Å². The molecule has 0 saturated heterocycles. The number of aromatic nitrogens is 2. The van der Waals surface area contributed by atoms with E-state index in [4.69, 9.17) is 0 Å². The molecule has 0 saturated carbocycles. The second kappa shape index (κ2) is 5.14. The number of hydrogen-bond donors (Lipinski definition) is 1. The van der Waals surface area contributed by atoms with Crippen LogP contribution in [0.1, 0.15) is 25.0 Å². The predicted octanol–water partition coefficient (Wildman–Crippen LogP) is 1.72. The second-order valence-electron chi connectivity index (χ2n) is 4.38. The van der Waals surface area contributed by atoms with Gasteiger partial charge in [-0.2, -0.15) is 5.10 Å². The Bertz CT molecular complexity index is 677. The summed E-state index contributed by atoms with van der Waals surface area (Å²) in [5.74, 6) is 0. The first-order valence-electron chi connectivity index (χ1n) is 5.95. The van der Waals surface area contributed by atoms with Gasteiger partial charge in [0, 0.05) is 18.0 Å². The van der Waals surface area contributed by atoms with Gasteiger partial charge in [0.2, 0.25) is 0 Å². The molecule has 1 aromatic carbocycles. The van der Waals surface area contributed by atoms with Gasteiger partial charge in [0.05, 0.1) is 18.0 Å². The van der Waals surface area contributed by atoms with Gasteiger partial charge in [0.15, 0.2) is 9.84 Å². The lowest BCUT2D eigenvalue weighted by Gasteiger charge is -2.13. The quantitative estimate of drug-likeness (QED) is 0.925. The largest absolute Gasteiger partial charge is 0.388 e. The van der Waals surface area contributed by atoms with E-state index in [0.29, 0.717) is 12.1 Å². The van der Waals surface area contributed by atoms with Crippen LogP contribution >= 0.6 is 0 Å². The van der Waals surface area contributed by atoms with Crippen LogP contribution in [0.15, 0.2) is 41.6 Å². The first-order chi connectivity index (χ1) is 8.93. The van der Waals surface area contributed by atoms with Crippen LogP contribution in [0.2, 0.25) is 0 Å². The number of hydrogen-bond acceptors (Lipinski definition) is 4. The lowest BCUT2D eigenvalue weighted by atomic mass is 10.1. The van der Waals surface area contributed by atoms with E-state index in [9.17, 15) is 13.5 Å². The number of aliphatic hydroxyl groups is 1. The minimum atomic E-state index is -3.27. The molecule has 0 aliphatic carbocycles. The molecular weight excluding hydrogens is 264 g/mol. The van der Waals surface area contributed by atoms with Gasteiger partial charge in [-0.05, 0) is 12.5 Å². The van der Waals surface area contributed by atoms with E-state index >= 15 is 0 Å². The zero-order chi connectivity index (χ0) is 14.0. The molecule has 2 aromatic rings. The third-order valence-corrected chi connectivity index (χ3v) is 3.98. The molecule has 19 heavy (non-hydrogen) atoms. The second-order valence-corrected chi connectivity index (χ2v) is 6.39. The van der Waals surface area contributed by atoms with E-state index in [-0.39, 0.29) is 4.90 Å². The van der Waals surface area contributed by atoms with E-state index in [1.165, 1.54) is 17.1 Å². The first-order valence-corrected chi connectivity index (χ1v) is 7.84. The maximum atomic E-state index is 11.4. The molecule has 0 aliphatic rings. The average molecular weight is 280 g/mol. The third kappa shape index (κ3) is 2.85. The van der Waals surface area contributed by atoms with Crippen molar-refractivity contribution >= 4 is 9.84 Å². The molecule has 0 aliphatic heterocycles.